The van der Waals surface area contributed by atoms with E-state index in [1.165, 1.54) is 0 Å². The third kappa shape index (κ3) is 3.18. The van der Waals surface area contributed by atoms with Crippen LogP contribution in [0.3, 0.4) is 0 Å². The maximum atomic E-state index is 12.6. The van der Waals surface area contributed by atoms with Crippen molar-refractivity contribution in [3.63, 3.8) is 0 Å². The Morgan fingerprint density at radius 2 is 1.35 bits per heavy atom. The van der Waals surface area contributed by atoms with Gasteiger partial charge in [-0.3, -0.25) is 0 Å². The largest absolute Gasteiger partial charge is 0.497 e. The highest BCUT2D eigenvalue weighted by molar-refractivity contribution is 7.89. The molecular weight excluding hydrogens is 314 g/mol. The lowest BCUT2D eigenvalue weighted by atomic mass is 10.1. The predicted octanol–water partition coefficient (Wildman–Crippen LogP) is 2.67. The third-order valence-corrected chi connectivity index (χ3v) is 5.64. The van der Waals surface area contributed by atoms with Gasteiger partial charge in [-0.1, -0.05) is 12.1 Å². The molecule has 0 aromatic heterocycles. The number of ether oxygens (including phenoxy) is 2. The molecule has 1 saturated carbocycles. The van der Waals surface area contributed by atoms with Gasteiger partial charge in [0.2, 0.25) is 10.0 Å². The van der Waals surface area contributed by atoms with Gasteiger partial charge in [0.05, 0.1) is 24.7 Å². The van der Waals surface area contributed by atoms with Gasteiger partial charge < -0.3 is 9.47 Å². The fourth-order valence-electron chi connectivity index (χ4n) is 2.56. The molecule has 0 aliphatic heterocycles. The predicted molar refractivity (Wildman–Crippen MR) is 87.2 cm³/mol. The highest BCUT2D eigenvalue weighted by atomic mass is 32.2. The maximum absolute atomic E-state index is 12.6. The summed E-state index contributed by atoms with van der Waals surface area (Å²) in [5, 5.41) is 0. The molecule has 0 unspecified atom stereocenters. The molecule has 0 saturated heterocycles. The summed E-state index contributed by atoms with van der Waals surface area (Å²) < 4.78 is 38.3. The summed E-state index contributed by atoms with van der Waals surface area (Å²) in [4.78, 5) is 0.234. The van der Waals surface area contributed by atoms with Gasteiger partial charge in [-0.15, -0.1) is 0 Å². The van der Waals surface area contributed by atoms with E-state index < -0.39 is 15.6 Å². The first-order valence-electron chi connectivity index (χ1n) is 7.32. The number of benzene rings is 2. The minimum atomic E-state index is -3.58. The van der Waals surface area contributed by atoms with Crippen LogP contribution in [0.15, 0.2) is 53.4 Å². The number of hydrogen-bond donors (Lipinski definition) is 1. The van der Waals surface area contributed by atoms with Crippen LogP contribution in [-0.4, -0.2) is 22.6 Å². The monoisotopic (exact) mass is 333 g/mol. The Bertz CT molecular complexity index is 778. The Labute approximate surface area is 136 Å². The van der Waals surface area contributed by atoms with Crippen LogP contribution in [0.2, 0.25) is 0 Å². The Kier molecular flexibility index (Phi) is 4.04. The van der Waals surface area contributed by atoms with Crippen LogP contribution in [0.1, 0.15) is 18.4 Å². The summed E-state index contributed by atoms with van der Waals surface area (Å²) in [5.41, 5.74) is 0.445. The minimum Gasteiger partial charge on any atom is -0.497 e. The standard InChI is InChI=1S/C17H19NO4S/c1-21-14-5-3-13(4-6-14)17(11-12-17)18-23(19,20)16-9-7-15(22-2)8-10-16/h3-10,18H,11-12H2,1-2H3. The summed E-state index contributed by atoms with van der Waals surface area (Å²) >= 11 is 0. The molecule has 122 valence electrons. The highest BCUT2D eigenvalue weighted by Gasteiger charge is 2.47. The molecule has 1 aliphatic carbocycles. The van der Waals surface area contributed by atoms with E-state index in [9.17, 15) is 8.42 Å². The summed E-state index contributed by atoms with van der Waals surface area (Å²) in [6.45, 7) is 0. The second kappa shape index (κ2) is 5.86. The van der Waals surface area contributed by atoms with Crippen molar-refractivity contribution in [2.24, 2.45) is 0 Å². The van der Waals surface area contributed by atoms with Gasteiger partial charge in [0.1, 0.15) is 11.5 Å². The van der Waals surface area contributed by atoms with Crippen molar-refractivity contribution in [3.8, 4) is 11.5 Å². The summed E-state index contributed by atoms with van der Waals surface area (Å²) in [6, 6.07) is 13.9. The molecule has 2 aromatic carbocycles. The zero-order valence-electron chi connectivity index (χ0n) is 13.1. The van der Waals surface area contributed by atoms with E-state index in [-0.39, 0.29) is 4.90 Å². The average Bonchev–Trinajstić information content (AvgIpc) is 3.35. The third-order valence-electron chi connectivity index (χ3n) is 4.09. The first kappa shape index (κ1) is 15.8. The molecule has 1 N–H and O–H groups in total. The van der Waals surface area contributed by atoms with Gasteiger partial charge in [0, 0.05) is 0 Å². The first-order valence-corrected chi connectivity index (χ1v) is 8.80. The quantitative estimate of drug-likeness (QED) is 0.883. The molecule has 3 rings (SSSR count). The number of sulfonamides is 1. The molecule has 1 aliphatic rings. The number of methoxy groups -OCH3 is 2. The Hall–Kier alpha value is -2.05. The van der Waals surface area contributed by atoms with Gasteiger partial charge >= 0.3 is 0 Å². The molecule has 23 heavy (non-hydrogen) atoms. The van der Waals surface area contributed by atoms with E-state index in [0.29, 0.717) is 5.75 Å². The van der Waals surface area contributed by atoms with Crippen LogP contribution in [-0.2, 0) is 15.6 Å². The van der Waals surface area contributed by atoms with Crippen molar-refractivity contribution in [3.05, 3.63) is 54.1 Å². The normalized spacial score (nSPS) is 15.9. The Morgan fingerprint density at radius 3 is 1.78 bits per heavy atom. The molecule has 1 fully saturated rings. The van der Waals surface area contributed by atoms with Crippen molar-refractivity contribution in [1.29, 1.82) is 0 Å². The van der Waals surface area contributed by atoms with Crippen LogP contribution >= 0.6 is 0 Å². The lowest BCUT2D eigenvalue weighted by Gasteiger charge is -2.18. The van der Waals surface area contributed by atoms with Gasteiger partial charge in [-0.25, -0.2) is 13.1 Å². The Balaban J connectivity index is 1.83. The van der Waals surface area contributed by atoms with Gasteiger partial charge in [0.25, 0.3) is 0 Å². The molecule has 5 nitrogen and oxygen atoms in total. The molecule has 0 radical (unpaired) electrons. The Morgan fingerprint density at radius 1 is 0.870 bits per heavy atom. The lowest BCUT2D eigenvalue weighted by molar-refractivity contribution is 0.414. The van der Waals surface area contributed by atoms with E-state index in [2.05, 4.69) is 4.72 Å². The number of nitrogens with one attached hydrogen (secondary N) is 1. The molecule has 6 heteroatoms. The van der Waals surface area contributed by atoms with Crippen LogP contribution in [0.4, 0.5) is 0 Å². The minimum absolute atomic E-state index is 0.234. The fraction of sp³-hybridized carbons (Fsp3) is 0.294. The van der Waals surface area contributed by atoms with Crippen molar-refractivity contribution in [2.75, 3.05) is 14.2 Å². The van der Waals surface area contributed by atoms with Gasteiger partial charge in [-0.05, 0) is 54.8 Å². The molecule has 0 bridgehead atoms. The van der Waals surface area contributed by atoms with Gasteiger partial charge in [-0.2, -0.15) is 0 Å². The number of rotatable bonds is 6. The van der Waals surface area contributed by atoms with Crippen molar-refractivity contribution in [1.82, 2.24) is 4.72 Å². The van der Waals surface area contributed by atoms with Gasteiger partial charge in [0.15, 0.2) is 0 Å². The molecule has 0 heterocycles. The van der Waals surface area contributed by atoms with Crippen molar-refractivity contribution in [2.45, 2.75) is 23.3 Å². The van der Waals surface area contributed by atoms with E-state index in [4.69, 9.17) is 9.47 Å². The van der Waals surface area contributed by atoms with Crippen molar-refractivity contribution < 1.29 is 17.9 Å². The van der Waals surface area contributed by atoms with E-state index in [1.807, 2.05) is 24.3 Å². The van der Waals surface area contributed by atoms with Crippen LogP contribution in [0, 0.1) is 0 Å². The highest BCUT2D eigenvalue weighted by Crippen LogP contribution is 2.46. The topological polar surface area (TPSA) is 64.6 Å². The van der Waals surface area contributed by atoms with E-state index in [1.54, 1.807) is 38.5 Å². The zero-order valence-corrected chi connectivity index (χ0v) is 13.9. The number of hydrogen-bond acceptors (Lipinski definition) is 4. The lowest BCUT2D eigenvalue weighted by Crippen LogP contribution is -2.34. The van der Waals surface area contributed by atoms with Crippen LogP contribution in [0.5, 0.6) is 11.5 Å². The second-order valence-corrected chi connectivity index (χ2v) is 7.27. The SMILES string of the molecule is COc1ccc(C2(NS(=O)(=O)c3ccc(OC)cc3)CC2)cc1. The summed E-state index contributed by atoms with van der Waals surface area (Å²) in [6.07, 6.45) is 1.57. The average molecular weight is 333 g/mol. The molecule has 0 spiro atoms. The smallest absolute Gasteiger partial charge is 0.241 e. The second-order valence-electron chi connectivity index (χ2n) is 5.59. The van der Waals surface area contributed by atoms with E-state index in [0.717, 1.165) is 24.2 Å². The fourth-order valence-corrected chi connectivity index (χ4v) is 4.00. The molecule has 0 amide bonds. The molecule has 2 aromatic rings. The van der Waals surface area contributed by atoms with Crippen LogP contribution in [0.25, 0.3) is 0 Å². The molecule has 0 atom stereocenters. The summed E-state index contributed by atoms with van der Waals surface area (Å²) in [7, 11) is -0.429. The molecular formula is C17H19NO4S. The summed E-state index contributed by atoms with van der Waals surface area (Å²) in [5.74, 6) is 1.38. The van der Waals surface area contributed by atoms with Crippen molar-refractivity contribution >= 4 is 10.0 Å². The van der Waals surface area contributed by atoms with E-state index >= 15 is 0 Å². The maximum Gasteiger partial charge on any atom is 0.241 e. The zero-order chi connectivity index (χ0) is 16.5. The van der Waals surface area contributed by atoms with Crippen LogP contribution < -0.4 is 14.2 Å². The first-order chi connectivity index (χ1) is 11.0.